The first-order chi connectivity index (χ1) is 16.2. The van der Waals surface area contributed by atoms with Crippen LogP contribution in [-0.4, -0.2) is 55.5 Å². The Bertz CT molecular complexity index is 1230. The van der Waals surface area contributed by atoms with Crippen LogP contribution in [0.3, 0.4) is 0 Å². The van der Waals surface area contributed by atoms with Gasteiger partial charge in [0.15, 0.2) is 0 Å². The number of fused-ring (bicyclic) bond motifs is 1. The Morgan fingerprint density at radius 2 is 1.73 bits per heavy atom. The molecule has 1 N–H and O–H groups in total. The minimum Gasteiger partial charge on any atom is -0.497 e. The van der Waals surface area contributed by atoms with Crippen LogP contribution >= 0.6 is 0 Å². The number of aromatic nitrogens is 3. The van der Waals surface area contributed by atoms with Crippen molar-refractivity contribution in [2.75, 3.05) is 45.4 Å². The first kappa shape index (κ1) is 21.3. The fourth-order valence-electron chi connectivity index (χ4n) is 4.20. The van der Waals surface area contributed by atoms with Crippen molar-refractivity contribution >= 4 is 16.7 Å². The lowest BCUT2D eigenvalue weighted by molar-refractivity contribution is 0.122. The largest absolute Gasteiger partial charge is 0.497 e. The minimum absolute atomic E-state index is 0.772. The summed E-state index contributed by atoms with van der Waals surface area (Å²) in [5.74, 6) is 2.45. The monoisotopic (exact) mass is 444 g/mol. The number of hydrogen-bond donors (Lipinski definition) is 1. The number of aryl methyl sites for hydroxylation is 2. The average molecular weight is 445 g/mol. The number of morpholine rings is 1. The summed E-state index contributed by atoms with van der Waals surface area (Å²) in [6.07, 6.45) is 3.50. The van der Waals surface area contributed by atoms with Gasteiger partial charge in [0.2, 0.25) is 0 Å². The molecule has 0 saturated carbocycles. The third-order valence-electron chi connectivity index (χ3n) is 6.01. The molecule has 5 rings (SSSR count). The number of imidazole rings is 1. The number of ether oxygens (including phenoxy) is 3. The van der Waals surface area contributed by atoms with Gasteiger partial charge in [-0.2, -0.15) is 0 Å². The maximum Gasteiger partial charge on any atom is 0.138 e. The Balaban J connectivity index is 1.34. The number of nitrogens with zero attached hydrogens (tertiary/aromatic N) is 3. The molecular formula is C26H28N4O3. The Hall–Kier alpha value is -3.58. The van der Waals surface area contributed by atoms with Crippen LogP contribution < -0.4 is 14.4 Å². The van der Waals surface area contributed by atoms with Gasteiger partial charge in [0, 0.05) is 42.3 Å². The molecule has 7 heteroatoms. The van der Waals surface area contributed by atoms with Crippen molar-refractivity contribution in [2.45, 2.75) is 12.8 Å². The van der Waals surface area contributed by atoms with E-state index in [0.717, 1.165) is 84.3 Å². The molecule has 0 unspecified atom stereocenters. The molecule has 0 spiro atoms. The van der Waals surface area contributed by atoms with Crippen LogP contribution in [0.2, 0.25) is 0 Å². The minimum atomic E-state index is 0.772. The highest BCUT2D eigenvalue weighted by Crippen LogP contribution is 2.26. The Morgan fingerprint density at radius 1 is 0.939 bits per heavy atom. The van der Waals surface area contributed by atoms with Gasteiger partial charge in [0.25, 0.3) is 0 Å². The van der Waals surface area contributed by atoms with Gasteiger partial charge in [-0.25, -0.2) is 4.98 Å². The van der Waals surface area contributed by atoms with Crippen molar-refractivity contribution in [3.63, 3.8) is 0 Å². The fourth-order valence-corrected chi connectivity index (χ4v) is 4.20. The van der Waals surface area contributed by atoms with E-state index in [4.69, 9.17) is 19.2 Å². The zero-order valence-corrected chi connectivity index (χ0v) is 19.0. The molecule has 0 radical (unpaired) electrons. The summed E-state index contributed by atoms with van der Waals surface area (Å²) in [5, 5.41) is 0. The lowest BCUT2D eigenvalue weighted by atomic mass is 10.1. The second kappa shape index (κ2) is 9.50. The van der Waals surface area contributed by atoms with Gasteiger partial charge < -0.3 is 24.1 Å². The van der Waals surface area contributed by atoms with Crippen LogP contribution in [0.25, 0.3) is 22.4 Å². The summed E-state index contributed by atoms with van der Waals surface area (Å²) in [7, 11) is 3.33. The van der Waals surface area contributed by atoms with E-state index in [0.29, 0.717) is 0 Å². The molecular weight excluding hydrogens is 416 g/mol. The second-order valence-electron chi connectivity index (χ2n) is 8.14. The molecule has 2 aromatic heterocycles. The quantitative estimate of drug-likeness (QED) is 0.459. The lowest BCUT2D eigenvalue weighted by Crippen LogP contribution is -2.36. The van der Waals surface area contributed by atoms with Crippen LogP contribution in [0, 0.1) is 0 Å². The van der Waals surface area contributed by atoms with Gasteiger partial charge in [0.05, 0.1) is 38.5 Å². The molecule has 1 fully saturated rings. The van der Waals surface area contributed by atoms with Gasteiger partial charge >= 0.3 is 0 Å². The van der Waals surface area contributed by atoms with E-state index in [2.05, 4.69) is 39.1 Å². The van der Waals surface area contributed by atoms with E-state index < -0.39 is 0 Å². The van der Waals surface area contributed by atoms with Crippen molar-refractivity contribution in [1.29, 1.82) is 0 Å². The molecule has 3 heterocycles. The molecule has 0 aliphatic carbocycles. The normalized spacial score (nSPS) is 13.9. The van der Waals surface area contributed by atoms with Gasteiger partial charge in [-0.1, -0.05) is 0 Å². The number of H-pyrrole nitrogens is 1. The molecule has 0 atom stereocenters. The van der Waals surface area contributed by atoms with Crippen molar-refractivity contribution in [3.8, 4) is 22.9 Å². The third-order valence-corrected chi connectivity index (χ3v) is 6.01. The zero-order chi connectivity index (χ0) is 22.6. The molecule has 1 aliphatic heterocycles. The SMILES string of the molecule is COc1cc(CCc2cc(-c3nc4ccc(N5CCOCC5)cc4[nH]3)ccn2)cc(OC)c1. The first-order valence-corrected chi connectivity index (χ1v) is 11.2. The second-order valence-corrected chi connectivity index (χ2v) is 8.14. The highest BCUT2D eigenvalue weighted by Gasteiger charge is 2.13. The van der Waals surface area contributed by atoms with Crippen LogP contribution in [0.15, 0.2) is 54.7 Å². The van der Waals surface area contributed by atoms with E-state index in [1.807, 2.05) is 30.5 Å². The lowest BCUT2D eigenvalue weighted by Gasteiger charge is -2.28. The molecule has 0 bridgehead atoms. The first-order valence-electron chi connectivity index (χ1n) is 11.2. The Kier molecular flexibility index (Phi) is 6.13. The highest BCUT2D eigenvalue weighted by atomic mass is 16.5. The van der Waals surface area contributed by atoms with Crippen molar-refractivity contribution in [2.24, 2.45) is 0 Å². The van der Waals surface area contributed by atoms with Crippen molar-refractivity contribution < 1.29 is 14.2 Å². The summed E-state index contributed by atoms with van der Waals surface area (Å²) in [4.78, 5) is 15.2. The third kappa shape index (κ3) is 4.78. The molecule has 33 heavy (non-hydrogen) atoms. The highest BCUT2D eigenvalue weighted by molar-refractivity contribution is 5.83. The number of benzene rings is 2. The van der Waals surface area contributed by atoms with E-state index in [1.54, 1.807) is 14.2 Å². The van der Waals surface area contributed by atoms with Gasteiger partial charge in [-0.3, -0.25) is 4.98 Å². The van der Waals surface area contributed by atoms with E-state index >= 15 is 0 Å². The van der Waals surface area contributed by atoms with Crippen LogP contribution in [0.5, 0.6) is 11.5 Å². The predicted octanol–water partition coefficient (Wildman–Crippen LogP) is 4.26. The van der Waals surface area contributed by atoms with E-state index in [1.165, 1.54) is 5.69 Å². The number of hydrogen-bond acceptors (Lipinski definition) is 6. The van der Waals surface area contributed by atoms with Gasteiger partial charge in [-0.15, -0.1) is 0 Å². The van der Waals surface area contributed by atoms with Crippen LogP contribution in [0.4, 0.5) is 5.69 Å². The number of methoxy groups -OCH3 is 2. The number of aromatic amines is 1. The zero-order valence-electron chi connectivity index (χ0n) is 19.0. The predicted molar refractivity (Wildman–Crippen MR) is 129 cm³/mol. The van der Waals surface area contributed by atoms with Gasteiger partial charge in [0.1, 0.15) is 17.3 Å². The fraction of sp³-hybridized carbons (Fsp3) is 0.308. The average Bonchev–Trinajstić information content (AvgIpc) is 3.31. The summed E-state index contributed by atoms with van der Waals surface area (Å²) < 4.78 is 16.2. The summed E-state index contributed by atoms with van der Waals surface area (Å²) in [5.41, 5.74) is 6.40. The Morgan fingerprint density at radius 3 is 2.48 bits per heavy atom. The Labute approximate surface area is 193 Å². The maximum absolute atomic E-state index is 5.47. The number of pyridine rings is 1. The summed E-state index contributed by atoms with van der Waals surface area (Å²) >= 11 is 0. The maximum atomic E-state index is 5.47. The van der Waals surface area contributed by atoms with Crippen molar-refractivity contribution in [3.05, 3.63) is 66.0 Å². The molecule has 7 nitrogen and oxygen atoms in total. The smallest absolute Gasteiger partial charge is 0.138 e. The molecule has 1 saturated heterocycles. The number of anilines is 1. The van der Waals surface area contributed by atoms with Gasteiger partial charge in [-0.05, 0) is 60.9 Å². The van der Waals surface area contributed by atoms with E-state index in [-0.39, 0.29) is 0 Å². The molecule has 0 amide bonds. The number of rotatable bonds is 7. The molecule has 2 aromatic carbocycles. The topological polar surface area (TPSA) is 72.5 Å². The summed E-state index contributed by atoms with van der Waals surface area (Å²) in [6.45, 7) is 3.38. The molecule has 4 aromatic rings. The standard InChI is InChI=1S/C26H28N4O3/c1-31-22-13-18(14-23(17-22)32-2)3-4-20-15-19(7-8-27-20)26-28-24-6-5-21(16-25(24)29-26)30-9-11-33-12-10-30/h5-8,13-17H,3-4,9-12H2,1-2H3,(H,28,29). The summed E-state index contributed by atoms with van der Waals surface area (Å²) in [6, 6.07) is 16.5. The molecule has 170 valence electrons. The van der Waals surface area contributed by atoms with E-state index in [9.17, 15) is 0 Å². The van der Waals surface area contributed by atoms with Crippen LogP contribution in [0.1, 0.15) is 11.3 Å². The molecule has 1 aliphatic rings. The van der Waals surface area contributed by atoms with Crippen LogP contribution in [-0.2, 0) is 17.6 Å². The number of nitrogens with one attached hydrogen (secondary N) is 1. The van der Waals surface area contributed by atoms with Crippen molar-refractivity contribution in [1.82, 2.24) is 15.0 Å².